The van der Waals surface area contributed by atoms with E-state index in [0.717, 1.165) is 12.0 Å². The Labute approximate surface area is 158 Å². The van der Waals surface area contributed by atoms with Gasteiger partial charge in [-0.25, -0.2) is 9.98 Å². The molecule has 3 rings (SSSR count). The minimum atomic E-state index is -0.252. The summed E-state index contributed by atoms with van der Waals surface area (Å²) < 4.78 is 0. The van der Waals surface area contributed by atoms with Gasteiger partial charge in [0, 0.05) is 24.9 Å². The second-order valence-corrected chi connectivity index (χ2v) is 5.86. The minimum Gasteiger partial charge on any atom is -0.397 e. The topological polar surface area (TPSA) is 80.4 Å². The number of nitrogens with two attached hydrogens (primary N) is 1. The van der Waals surface area contributed by atoms with Gasteiger partial charge in [-0.15, -0.1) is 0 Å². The first-order chi connectivity index (χ1) is 13.2. The monoisotopic (exact) mass is 356 g/mol. The van der Waals surface area contributed by atoms with Crippen molar-refractivity contribution >= 4 is 35.4 Å². The Kier molecular flexibility index (Phi) is 6.09. The highest BCUT2D eigenvalue weighted by molar-refractivity contribution is 6.03. The second-order valence-electron chi connectivity index (χ2n) is 5.86. The first-order valence-corrected chi connectivity index (χ1v) is 8.57. The molecule has 3 aromatic rings. The van der Waals surface area contributed by atoms with Crippen molar-refractivity contribution in [2.24, 2.45) is 4.99 Å². The number of aromatic nitrogens is 1. The summed E-state index contributed by atoms with van der Waals surface area (Å²) in [6, 6.07) is 20.9. The summed E-state index contributed by atoms with van der Waals surface area (Å²) >= 11 is 0. The maximum absolute atomic E-state index is 12.0. The molecule has 0 radical (unpaired) electrons. The lowest BCUT2D eigenvalue weighted by Crippen LogP contribution is -2.09. The van der Waals surface area contributed by atoms with Gasteiger partial charge in [-0.1, -0.05) is 42.5 Å². The number of pyridine rings is 1. The molecule has 1 heterocycles. The molecule has 134 valence electrons. The van der Waals surface area contributed by atoms with Crippen molar-refractivity contribution < 1.29 is 4.79 Å². The lowest BCUT2D eigenvalue weighted by Gasteiger charge is -2.04. The zero-order chi connectivity index (χ0) is 18.9. The second kappa shape index (κ2) is 9.10. The Morgan fingerprint density at radius 1 is 1.04 bits per heavy atom. The number of hydrogen-bond donors (Lipinski definition) is 2. The molecule has 0 fully saturated rings. The van der Waals surface area contributed by atoms with Crippen LogP contribution in [0.3, 0.4) is 0 Å². The van der Waals surface area contributed by atoms with E-state index in [4.69, 9.17) is 5.73 Å². The van der Waals surface area contributed by atoms with Gasteiger partial charge in [0.2, 0.25) is 5.91 Å². The van der Waals surface area contributed by atoms with Crippen LogP contribution in [0.15, 0.2) is 84.0 Å². The van der Waals surface area contributed by atoms with E-state index in [9.17, 15) is 4.79 Å². The fourth-order valence-corrected chi connectivity index (χ4v) is 2.39. The molecule has 27 heavy (non-hydrogen) atoms. The van der Waals surface area contributed by atoms with Gasteiger partial charge in [-0.05, 0) is 41.5 Å². The molecule has 0 unspecified atom stereocenters. The normalized spacial score (nSPS) is 11.1. The van der Waals surface area contributed by atoms with Crippen molar-refractivity contribution in [2.75, 3.05) is 11.1 Å². The van der Waals surface area contributed by atoms with E-state index in [-0.39, 0.29) is 5.91 Å². The molecule has 0 atom stereocenters. The van der Waals surface area contributed by atoms with Gasteiger partial charge in [0.15, 0.2) is 5.82 Å². The van der Waals surface area contributed by atoms with Crippen LogP contribution in [0.4, 0.5) is 17.2 Å². The Bertz CT molecular complexity index is 948. The van der Waals surface area contributed by atoms with E-state index < -0.39 is 0 Å². The molecule has 2 aromatic carbocycles. The van der Waals surface area contributed by atoms with Crippen molar-refractivity contribution in [1.29, 1.82) is 0 Å². The first-order valence-electron chi connectivity index (χ1n) is 8.57. The summed E-state index contributed by atoms with van der Waals surface area (Å²) in [5, 5.41) is 2.74. The van der Waals surface area contributed by atoms with Crippen LogP contribution in [-0.4, -0.2) is 17.1 Å². The van der Waals surface area contributed by atoms with Crippen LogP contribution in [-0.2, 0) is 11.2 Å². The number of anilines is 2. The number of nitrogens with one attached hydrogen (secondary N) is 1. The van der Waals surface area contributed by atoms with Crippen LogP contribution in [0.5, 0.6) is 0 Å². The number of benzene rings is 2. The Balaban J connectivity index is 1.54. The highest BCUT2D eigenvalue weighted by Crippen LogP contribution is 2.16. The van der Waals surface area contributed by atoms with E-state index in [2.05, 4.69) is 27.4 Å². The lowest BCUT2D eigenvalue weighted by atomic mass is 10.2. The number of para-hydroxylation sites is 2. The predicted octanol–water partition coefficient (Wildman–Crippen LogP) is 4.26. The predicted molar refractivity (Wildman–Crippen MR) is 111 cm³/mol. The molecule has 0 saturated heterocycles. The number of carbonyl (C=O) groups excluding carboxylic acids is 1. The fourth-order valence-electron chi connectivity index (χ4n) is 2.39. The summed E-state index contributed by atoms with van der Waals surface area (Å²) in [5.41, 5.74) is 8.94. The highest BCUT2D eigenvalue weighted by atomic mass is 16.1. The smallest absolute Gasteiger partial charge is 0.248 e. The molecule has 0 aliphatic heterocycles. The molecular weight excluding hydrogens is 336 g/mol. The summed E-state index contributed by atoms with van der Waals surface area (Å²) in [6.45, 7) is 0. The number of carbonyl (C=O) groups is 1. The van der Waals surface area contributed by atoms with Crippen LogP contribution in [0, 0.1) is 0 Å². The first kappa shape index (κ1) is 18.1. The molecule has 3 N–H and O–H groups in total. The third kappa shape index (κ3) is 5.64. The van der Waals surface area contributed by atoms with Gasteiger partial charge in [0.25, 0.3) is 0 Å². The Morgan fingerprint density at radius 2 is 1.81 bits per heavy atom. The third-order valence-electron chi connectivity index (χ3n) is 3.81. The molecule has 0 aliphatic carbocycles. The van der Waals surface area contributed by atoms with Crippen LogP contribution in [0.2, 0.25) is 0 Å². The van der Waals surface area contributed by atoms with Gasteiger partial charge in [0.05, 0.1) is 11.4 Å². The maximum atomic E-state index is 12.0. The van der Waals surface area contributed by atoms with E-state index in [1.807, 2.05) is 48.7 Å². The van der Waals surface area contributed by atoms with Crippen molar-refractivity contribution in [3.05, 3.63) is 90.1 Å². The average molecular weight is 356 g/mol. The molecule has 1 amide bonds. The van der Waals surface area contributed by atoms with Gasteiger partial charge < -0.3 is 11.1 Å². The number of aliphatic imine (C=N–C) groups is 1. The highest BCUT2D eigenvalue weighted by Gasteiger charge is 2.01. The molecule has 0 saturated carbocycles. The fraction of sp³-hybridized carbons (Fsp3) is 0.0455. The standard InChI is InChI=1S/C22H20N4O/c23-19-8-4-5-9-20(19)26-22(27)13-11-18-10-12-21(25-16-18)24-15-14-17-6-2-1-3-7-17/h1-13,15-16H,14,23H2,(H,26,27). The largest absolute Gasteiger partial charge is 0.397 e. The molecule has 5 heteroatoms. The number of nitrogen functional groups attached to an aromatic ring is 1. The molecular formula is C22H20N4O. The van der Waals surface area contributed by atoms with Crippen LogP contribution in [0.1, 0.15) is 11.1 Å². The molecule has 0 spiro atoms. The van der Waals surface area contributed by atoms with Crippen LogP contribution >= 0.6 is 0 Å². The Hall–Kier alpha value is -3.73. The van der Waals surface area contributed by atoms with Crippen LogP contribution in [0.25, 0.3) is 6.08 Å². The Morgan fingerprint density at radius 3 is 2.56 bits per heavy atom. The lowest BCUT2D eigenvalue weighted by molar-refractivity contribution is -0.111. The van der Waals surface area contributed by atoms with Gasteiger partial charge >= 0.3 is 0 Å². The molecule has 0 aliphatic rings. The van der Waals surface area contributed by atoms with Crippen molar-refractivity contribution in [2.45, 2.75) is 6.42 Å². The maximum Gasteiger partial charge on any atom is 0.248 e. The summed E-state index contributed by atoms with van der Waals surface area (Å²) in [7, 11) is 0. The zero-order valence-corrected chi connectivity index (χ0v) is 14.7. The summed E-state index contributed by atoms with van der Waals surface area (Å²) in [5.74, 6) is 0.377. The number of nitrogens with zero attached hydrogens (tertiary/aromatic N) is 2. The number of hydrogen-bond acceptors (Lipinski definition) is 4. The number of rotatable bonds is 6. The molecule has 5 nitrogen and oxygen atoms in total. The summed E-state index contributed by atoms with van der Waals surface area (Å²) in [4.78, 5) is 20.6. The van der Waals surface area contributed by atoms with Crippen molar-refractivity contribution in [3.63, 3.8) is 0 Å². The van der Waals surface area contributed by atoms with Crippen molar-refractivity contribution in [1.82, 2.24) is 4.98 Å². The van der Waals surface area contributed by atoms with E-state index in [0.29, 0.717) is 17.2 Å². The SMILES string of the molecule is Nc1ccccc1NC(=O)C=Cc1ccc(N=CCc2ccccc2)nc1. The summed E-state index contributed by atoms with van der Waals surface area (Å²) in [6.07, 6.45) is 7.41. The molecule has 1 aromatic heterocycles. The minimum absolute atomic E-state index is 0.252. The van der Waals surface area contributed by atoms with Gasteiger partial charge in [-0.2, -0.15) is 0 Å². The third-order valence-corrected chi connectivity index (χ3v) is 3.81. The van der Waals surface area contributed by atoms with E-state index in [1.54, 1.807) is 24.4 Å². The average Bonchev–Trinajstić information content (AvgIpc) is 2.70. The van der Waals surface area contributed by atoms with E-state index >= 15 is 0 Å². The zero-order valence-electron chi connectivity index (χ0n) is 14.7. The van der Waals surface area contributed by atoms with Crippen molar-refractivity contribution in [3.8, 4) is 0 Å². The van der Waals surface area contributed by atoms with Gasteiger partial charge in [-0.3, -0.25) is 4.79 Å². The van der Waals surface area contributed by atoms with E-state index in [1.165, 1.54) is 11.6 Å². The van der Waals surface area contributed by atoms with Crippen LogP contribution < -0.4 is 11.1 Å². The quantitative estimate of drug-likeness (QED) is 0.393. The number of amides is 1. The molecule has 0 bridgehead atoms. The van der Waals surface area contributed by atoms with Gasteiger partial charge in [0.1, 0.15) is 0 Å².